The molecule has 0 radical (unpaired) electrons. The highest BCUT2D eigenvalue weighted by Crippen LogP contribution is 2.59. The van der Waals surface area contributed by atoms with E-state index in [2.05, 4.69) is 55.4 Å². The first-order valence-electron chi connectivity index (χ1n) is 9.56. The molecule has 0 aliphatic heterocycles. The van der Waals surface area contributed by atoms with Gasteiger partial charge in [0.2, 0.25) is 11.8 Å². The molecule has 138 valence electrons. The van der Waals surface area contributed by atoms with E-state index >= 15 is 0 Å². The number of rotatable bonds is 2. The van der Waals surface area contributed by atoms with Gasteiger partial charge in [0.25, 0.3) is 0 Å². The van der Waals surface area contributed by atoms with E-state index in [-0.39, 0.29) is 22.6 Å². The number of carbonyl (C=O) groups is 2. The maximum absolute atomic E-state index is 13.4. The van der Waals surface area contributed by atoms with Crippen molar-refractivity contribution in [2.24, 2.45) is 33.5 Å². The van der Waals surface area contributed by atoms with Gasteiger partial charge in [-0.25, -0.2) is 0 Å². The van der Waals surface area contributed by atoms with Crippen molar-refractivity contribution in [3.63, 3.8) is 0 Å². The van der Waals surface area contributed by atoms with Crippen molar-refractivity contribution < 1.29 is 9.59 Å². The second-order valence-electron chi connectivity index (χ2n) is 10.2. The highest BCUT2D eigenvalue weighted by molar-refractivity contribution is 6.01. The molecule has 4 atom stereocenters. The Morgan fingerprint density at radius 2 is 1.04 bits per heavy atom. The predicted octanol–water partition coefficient (Wildman–Crippen LogP) is 4.90. The number of amides is 2. The smallest absolute Gasteiger partial charge is 0.235 e. The molecular formula is C21H37NO2. The van der Waals surface area contributed by atoms with Gasteiger partial charge in [0, 0.05) is 7.05 Å². The summed E-state index contributed by atoms with van der Waals surface area (Å²) in [4.78, 5) is 28.2. The standard InChI is InChI=1S/C21H37NO2/c1-14-10-12-20(7,18(14,3)4)16(23)22(9)17(24)21(8)13-11-15(2)19(21,5)6/h14-15H,10-13H2,1-9H3/t14-,15+,20-,21-/m0/s1. The molecule has 0 saturated heterocycles. The summed E-state index contributed by atoms with van der Waals surface area (Å²) in [5.74, 6) is 1.01. The van der Waals surface area contributed by atoms with Crippen molar-refractivity contribution >= 4 is 11.8 Å². The number of carbonyl (C=O) groups excluding carboxylic acids is 2. The largest absolute Gasteiger partial charge is 0.285 e. The van der Waals surface area contributed by atoms with Gasteiger partial charge >= 0.3 is 0 Å². The Labute approximate surface area is 148 Å². The first-order valence-corrected chi connectivity index (χ1v) is 9.56. The Morgan fingerprint density at radius 1 is 0.750 bits per heavy atom. The molecule has 3 heteroatoms. The monoisotopic (exact) mass is 335 g/mol. The molecule has 0 aromatic rings. The molecule has 2 saturated carbocycles. The minimum absolute atomic E-state index is 0.0124. The lowest BCUT2D eigenvalue weighted by Crippen LogP contribution is -2.54. The zero-order chi connectivity index (χ0) is 18.7. The molecule has 0 aromatic heterocycles. The van der Waals surface area contributed by atoms with Gasteiger partial charge in [-0.05, 0) is 48.3 Å². The minimum atomic E-state index is -0.457. The van der Waals surface area contributed by atoms with Crippen LogP contribution in [0.3, 0.4) is 0 Å². The van der Waals surface area contributed by atoms with Crippen molar-refractivity contribution in [1.29, 1.82) is 0 Å². The van der Waals surface area contributed by atoms with Crippen LogP contribution in [0.1, 0.15) is 81.1 Å². The Kier molecular flexibility index (Phi) is 4.52. The lowest BCUT2D eigenvalue weighted by atomic mass is 9.63. The average molecular weight is 336 g/mol. The second-order valence-corrected chi connectivity index (χ2v) is 10.2. The maximum atomic E-state index is 13.4. The number of hydrogen-bond acceptors (Lipinski definition) is 2. The molecule has 2 rings (SSSR count). The van der Waals surface area contributed by atoms with Gasteiger partial charge < -0.3 is 0 Å². The lowest BCUT2D eigenvalue weighted by molar-refractivity contribution is -0.161. The van der Waals surface area contributed by atoms with Crippen LogP contribution in [0, 0.1) is 33.5 Å². The molecule has 2 aliphatic rings. The molecule has 0 bridgehead atoms. The molecule has 0 N–H and O–H groups in total. The quantitative estimate of drug-likeness (QED) is 0.673. The van der Waals surface area contributed by atoms with Gasteiger partial charge in [0.05, 0.1) is 10.8 Å². The molecule has 0 unspecified atom stereocenters. The number of nitrogens with zero attached hydrogens (tertiary/aromatic N) is 1. The van der Waals surface area contributed by atoms with E-state index in [1.807, 2.05) is 0 Å². The SMILES string of the molecule is C[C@@H]1CC[C@@](C)(C(=O)N(C)C(=O)[C@]2(C)CC[C@H](C)C2(C)C)C1(C)C. The predicted molar refractivity (Wildman–Crippen MR) is 98.3 cm³/mol. The van der Waals surface area contributed by atoms with Gasteiger partial charge in [-0.1, -0.05) is 55.4 Å². The molecule has 3 nitrogen and oxygen atoms in total. The number of imide groups is 1. The zero-order valence-corrected chi connectivity index (χ0v) is 17.2. The fourth-order valence-corrected chi connectivity index (χ4v) is 5.06. The first kappa shape index (κ1) is 19.5. The third-order valence-electron chi connectivity index (χ3n) is 9.02. The fraction of sp³-hybridized carbons (Fsp3) is 0.905. The van der Waals surface area contributed by atoms with Crippen LogP contribution in [-0.4, -0.2) is 23.8 Å². The summed E-state index contributed by atoms with van der Waals surface area (Å²) in [6.45, 7) is 17.3. The van der Waals surface area contributed by atoms with Gasteiger partial charge in [-0.3, -0.25) is 14.5 Å². The van der Waals surface area contributed by atoms with Crippen molar-refractivity contribution in [3.8, 4) is 0 Å². The molecular weight excluding hydrogens is 298 g/mol. The van der Waals surface area contributed by atoms with Crippen LogP contribution in [0.15, 0.2) is 0 Å². The van der Waals surface area contributed by atoms with E-state index in [1.54, 1.807) is 7.05 Å². The van der Waals surface area contributed by atoms with Crippen molar-refractivity contribution in [3.05, 3.63) is 0 Å². The molecule has 0 heterocycles. The topological polar surface area (TPSA) is 37.4 Å². The summed E-state index contributed by atoms with van der Waals surface area (Å²) in [6.07, 6.45) is 3.84. The van der Waals surface area contributed by atoms with Crippen molar-refractivity contribution in [1.82, 2.24) is 4.90 Å². The van der Waals surface area contributed by atoms with Crippen LogP contribution in [-0.2, 0) is 9.59 Å². The Hall–Kier alpha value is -0.860. The van der Waals surface area contributed by atoms with Crippen molar-refractivity contribution in [2.45, 2.75) is 81.1 Å². The van der Waals surface area contributed by atoms with Gasteiger partial charge in [0.1, 0.15) is 0 Å². The molecule has 24 heavy (non-hydrogen) atoms. The van der Waals surface area contributed by atoms with E-state index in [0.29, 0.717) is 11.8 Å². The maximum Gasteiger partial charge on any atom is 0.235 e. The van der Waals surface area contributed by atoms with Crippen LogP contribution >= 0.6 is 0 Å². The molecule has 0 spiro atoms. The lowest BCUT2D eigenvalue weighted by Gasteiger charge is -2.45. The molecule has 2 amide bonds. The van der Waals surface area contributed by atoms with Crippen LogP contribution in [0.4, 0.5) is 0 Å². The molecule has 2 aliphatic carbocycles. The van der Waals surface area contributed by atoms with E-state index in [4.69, 9.17) is 0 Å². The summed E-state index contributed by atoms with van der Waals surface area (Å²) in [5.41, 5.74) is -1.08. The van der Waals surface area contributed by atoms with Gasteiger partial charge in [-0.2, -0.15) is 0 Å². The minimum Gasteiger partial charge on any atom is -0.285 e. The molecule has 0 aromatic carbocycles. The summed E-state index contributed by atoms with van der Waals surface area (Å²) in [7, 11) is 1.71. The van der Waals surface area contributed by atoms with E-state index in [1.165, 1.54) is 4.90 Å². The average Bonchev–Trinajstić information content (AvgIpc) is 2.85. The second kappa shape index (κ2) is 5.57. The first-order chi connectivity index (χ1) is 10.7. The van der Waals surface area contributed by atoms with Gasteiger partial charge in [-0.15, -0.1) is 0 Å². The van der Waals surface area contributed by atoms with E-state index in [9.17, 15) is 9.59 Å². The summed E-state index contributed by atoms with van der Waals surface area (Å²) in [6, 6.07) is 0. The van der Waals surface area contributed by atoms with Crippen LogP contribution in [0.25, 0.3) is 0 Å². The summed E-state index contributed by atoms with van der Waals surface area (Å²) >= 11 is 0. The Balaban J connectivity index is 2.31. The summed E-state index contributed by atoms with van der Waals surface area (Å²) in [5, 5.41) is 0. The Morgan fingerprint density at radius 3 is 1.25 bits per heavy atom. The van der Waals surface area contributed by atoms with Crippen molar-refractivity contribution in [2.75, 3.05) is 7.05 Å². The van der Waals surface area contributed by atoms with E-state index < -0.39 is 10.8 Å². The highest BCUT2D eigenvalue weighted by atomic mass is 16.2. The van der Waals surface area contributed by atoms with Crippen LogP contribution in [0.5, 0.6) is 0 Å². The zero-order valence-electron chi connectivity index (χ0n) is 17.2. The van der Waals surface area contributed by atoms with E-state index in [0.717, 1.165) is 25.7 Å². The number of hydrogen-bond donors (Lipinski definition) is 0. The van der Waals surface area contributed by atoms with Gasteiger partial charge in [0.15, 0.2) is 0 Å². The molecule has 2 fully saturated rings. The summed E-state index contributed by atoms with van der Waals surface area (Å²) < 4.78 is 0. The fourth-order valence-electron chi connectivity index (χ4n) is 5.06. The third kappa shape index (κ3) is 2.29. The van der Waals surface area contributed by atoms with Crippen LogP contribution < -0.4 is 0 Å². The Bertz CT molecular complexity index is 502. The van der Waals surface area contributed by atoms with Crippen LogP contribution in [0.2, 0.25) is 0 Å². The third-order valence-corrected chi connectivity index (χ3v) is 9.02. The highest BCUT2D eigenvalue weighted by Gasteiger charge is 2.59. The normalized spacial score (nSPS) is 40.5.